The van der Waals surface area contributed by atoms with Crippen molar-refractivity contribution in [3.05, 3.63) is 65.2 Å². The summed E-state index contributed by atoms with van der Waals surface area (Å²) in [6.45, 7) is 0. The van der Waals surface area contributed by atoms with Gasteiger partial charge in [-0.05, 0) is 42.4 Å². The third kappa shape index (κ3) is 2.90. The molecule has 2 aromatic carbocycles. The second kappa shape index (κ2) is 5.80. The normalized spacial score (nSPS) is 12.2. The van der Waals surface area contributed by atoms with E-state index < -0.39 is 11.6 Å². The summed E-state index contributed by atoms with van der Waals surface area (Å²) in [4.78, 5) is 0. The molecule has 0 saturated carbocycles. The minimum atomic E-state index is -0.841. The van der Waals surface area contributed by atoms with Gasteiger partial charge in [0, 0.05) is 0 Å². The lowest BCUT2D eigenvalue weighted by Gasteiger charge is -2.17. The quantitative estimate of drug-likeness (QED) is 0.914. The summed E-state index contributed by atoms with van der Waals surface area (Å²) >= 11 is 0. The standard InChI is InChI=1S/C15H15F2NO/c1-18-15(10-3-6-12(19-2)7-4-10)11-5-8-13(16)14(17)9-11/h3-9,15,18H,1-2H3. The van der Waals surface area contributed by atoms with Crippen LogP contribution in [0.15, 0.2) is 42.5 Å². The van der Waals surface area contributed by atoms with Crippen molar-refractivity contribution >= 4 is 0 Å². The van der Waals surface area contributed by atoms with Crippen LogP contribution in [-0.2, 0) is 0 Å². The Kier molecular flexibility index (Phi) is 4.12. The summed E-state index contributed by atoms with van der Waals surface area (Å²) in [6, 6.07) is 11.2. The number of ether oxygens (including phenoxy) is 1. The molecule has 100 valence electrons. The van der Waals surface area contributed by atoms with Gasteiger partial charge in [0.05, 0.1) is 13.2 Å². The summed E-state index contributed by atoms with van der Waals surface area (Å²) in [7, 11) is 3.37. The summed E-state index contributed by atoms with van der Waals surface area (Å²) in [5.74, 6) is -0.927. The van der Waals surface area contributed by atoms with Gasteiger partial charge in [-0.2, -0.15) is 0 Å². The molecule has 0 heterocycles. The maximum Gasteiger partial charge on any atom is 0.159 e. The highest BCUT2D eigenvalue weighted by molar-refractivity contribution is 5.35. The van der Waals surface area contributed by atoms with E-state index in [1.54, 1.807) is 20.2 Å². The van der Waals surface area contributed by atoms with Crippen molar-refractivity contribution in [2.75, 3.05) is 14.2 Å². The Morgan fingerprint density at radius 3 is 2.11 bits per heavy atom. The number of nitrogens with one attached hydrogen (secondary N) is 1. The smallest absolute Gasteiger partial charge is 0.159 e. The van der Waals surface area contributed by atoms with E-state index in [0.717, 1.165) is 17.4 Å². The molecule has 2 rings (SSSR count). The fourth-order valence-corrected chi connectivity index (χ4v) is 2.01. The summed E-state index contributed by atoms with van der Waals surface area (Å²) in [6.07, 6.45) is 0. The van der Waals surface area contributed by atoms with Crippen molar-refractivity contribution < 1.29 is 13.5 Å². The first-order valence-corrected chi connectivity index (χ1v) is 5.92. The molecule has 1 N–H and O–H groups in total. The largest absolute Gasteiger partial charge is 0.497 e. The molecule has 0 amide bonds. The summed E-state index contributed by atoms with van der Waals surface area (Å²) in [5, 5.41) is 3.09. The van der Waals surface area contributed by atoms with Gasteiger partial charge in [-0.25, -0.2) is 8.78 Å². The third-order valence-corrected chi connectivity index (χ3v) is 3.01. The second-order valence-corrected chi connectivity index (χ2v) is 4.17. The van der Waals surface area contributed by atoms with Crippen LogP contribution in [0.5, 0.6) is 5.75 Å². The van der Waals surface area contributed by atoms with Gasteiger partial charge >= 0.3 is 0 Å². The van der Waals surface area contributed by atoms with Crippen molar-refractivity contribution in [1.29, 1.82) is 0 Å². The molecule has 2 nitrogen and oxygen atoms in total. The fraction of sp³-hybridized carbons (Fsp3) is 0.200. The van der Waals surface area contributed by atoms with Gasteiger partial charge in [-0.15, -0.1) is 0 Å². The van der Waals surface area contributed by atoms with Crippen LogP contribution in [0.4, 0.5) is 8.78 Å². The maximum atomic E-state index is 13.3. The van der Waals surface area contributed by atoms with Crippen molar-refractivity contribution in [3.8, 4) is 5.75 Å². The average molecular weight is 263 g/mol. The highest BCUT2D eigenvalue weighted by Crippen LogP contribution is 2.24. The molecular formula is C15H15F2NO. The highest BCUT2D eigenvalue weighted by atomic mass is 19.2. The van der Waals surface area contributed by atoms with Crippen molar-refractivity contribution in [3.63, 3.8) is 0 Å². The molecule has 4 heteroatoms. The first-order valence-electron chi connectivity index (χ1n) is 5.92. The van der Waals surface area contributed by atoms with E-state index in [1.165, 1.54) is 6.07 Å². The van der Waals surface area contributed by atoms with Crippen LogP contribution in [0, 0.1) is 11.6 Å². The molecule has 0 aliphatic heterocycles. The number of rotatable bonds is 4. The Bertz CT molecular complexity index is 555. The van der Waals surface area contributed by atoms with Crippen LogP contribution in [0.25, 0.3) is 0 Å². The Morgan fingerprint density at radius 1 is 0.947 bits per heavy atom. The number of hydrogen-bond donors (Lipinski definition) is 1. The topological polar surface area (TPSA) is 21.3 Å². The fourth-order valence-electron chi connectivity index (χ4n) is 2.01. The molecule has 0 aromatic heterocycles. The molecule has 1 unspecified atom stereocenters. The van der Waals surface area contributed by atoms with Gasteiger partial charge in [-0.3, -0.25) is 0 Å². The van der Waals surface area contributed by atoms with Crippen LogP contribution in [0.2, 0.25) is 0 Å². The van der Waals surface area contributed by atoms with Crippen LogP contribution in [-0.4, -0.2) is 14.2 Å². The lowest BCUT2D eigenvalue weighted by Crippen LogP contribution is -2.17. The molecular weight excluding hydrogens is 248 g/mol. The van der Waals surface area contributed by atoms with E-state index in [-0.39, 0.29) is 6.04 Å². The maximum absolute atomic E-state index is 13.3. The van der Waals surface area contributed by atoms with Gasteiger partial charge in [0.15, 0.2) is 11.6 Å². The number of hydrogen-bond acceptors (Lipinski definition) is 2. The van der Waals surface area contributed by atoms with Crippen molar-refractivity contribution in [2.45, 2.75) is 6.04 Å². The first-order chi connectivity index (χ1) is 9.15. The van der Waals surface area contributed by atoms with Crippen LogP contribution < -0.4 is 10.1 Å². The average Bonchev–Trinajstić information content (AvgIpc) is 2.44. The summed E-state index contributed by atoms with van der Waals surface area (Å²) in [5.41, 5.74) is 1.63. The Balaban J connectivity index is 2.34. The van der Waals surface area contributed by atoms with Crippen molar-refractivity contribution in [1.82, 2.24) is 5.32 Å². The molecule has 0 spiro atoms. The van der Waals surface area contributed by atoms with Crippen LogP contribution in [0.3, 0.4) is 0 Å². The number of benzene rings is 2. The third-order valence-electron chi connectivity index (χ3n) is 3.01. The molecule has 2 aromatic rings. The van der Waals surface area contributed by atoms with E-state index in [0.29, 0.717) is 5.56 Å². The van der Waals surface area contributed by atoms with E-state index in [9.17, 15) is 8.78 Å². The van der Waals surface area contributed by atoms with Gasteiger partial charge in [0.25, 0.3) is 0 Å². The van der Waals surface area contributed by atoms with E-state index in [2.05, 4.69) is 5.32 Å². The minimum absolute atomic E-state index is 0.194. The molecule has 0 aliphatic rings. The Morgan fingerprint density at radius 2 is 1.58 bits per heavy atom. The van der Waals surface area contributed by atoms with Gasteiger partial charge in [-0.1, -0.05) is 18.2 Å². The highest BCUT2D eigenvalue weighted by Gasteiger charge is 2.14. The molecule has 0 saturated heterocycles. The minimum Gasteiger partial charge on any atom is -0.497 e. The zero-order valence-corrected chi connectivity index (χ0v) is 10.8. The van der Waals surface area contributed by atoms with Crippen LogP contribution in [0.1, 0.15) is 17.2 Å². The number of halogens is 2. The Hall–Kier alpha value is -1.94. The van der Waals surface area contributed by atoms with E-state index >= 15 is 0 Å². The first kappa shape index (κ1) is 13.5. The van der Waals surface area contributed by atoms with Gasteiger partial charge < -0.3 is 10.1 Å². The zero-order chi connectivity index (χ0) is 13.8. The molecule has 1 atom stereocenters. The predicted molar refractivity (Wildman–Crippen MR) is 70.3 cm³/mol. The van der Waals surface area contributed by atoms with Gasteiger partial charge in [0.2, 0.25) is 0 Å². The Labute approximate surface area is 111 Å². The van der Waals surface area contributed by atoms with Crippen LogP contribution >= 0.6 is 0 Å². The van der Waals surface area contributed by atoms with Gasteiger partial charge in [0.1, 0.15) is 5.75 Å². The molecule has 0 aliphatic carbocycles. The monoisotopic (exact) mass is 263 g/mol. The van der Waals surface area contributed by atoms with E-state index in [4.69, 9.17) is 4.74 Å². The predicted octanol–water partition coefficient (Wildman–Crippen LogP) is 3.28. The SMILES string of the molecule is CNC(c1ccc(OC)cc1)c1ccc(F)c(F)c1. The lowest BCUT2D eigenvalue weighted by molar-refractivity contribution is 0.414. The summed E-state index contributed by atoms with van der Waals surface area (Å²) < 4.78 is 31.3. The van der Waals surface area contributed by atoms with Crippen molar-refractivity contribution in [2.24, 2.45) is 0 Å². The zero-order valence-electron chi connectivity index (χ0n) is 10.8. The molecule has 0 radical (unpaired) electrons. The lowest BCUT2D eigenvalue weighted by atomic mass is 9.98. The molecule has 0 fully saturated rings. The molecule has 19 heavy (non-hydrogen) atoms. The number of methoxy groups -OCH3 is 1. The van der Waals surface area contributed by atoms with E-state index in [1.807, 2.05) is 24.3 Å². The second-order valence-electron chi connectivity index (χ2n) is 4.17. The molecule has 0 bridgehead atoms.